The fourth-order valence-electron chi connectivity index (χ4n) is 1.56. The van der Waals surface area contributed by atoms with Gasteiger partial charge in [0.25, 0.3) is 5.91 Å². The molecule has 0 saturated carbocycles. The van der Waals surface area contributed by atoms with Crippen molar-refractivity contribution in [2.45, 2.75) is 18.9 Å². The summed E-state index contributed by atoms with van der Waals surface area (Å²) < 4.78 is 4.92. The molecule has 1 aliphatic rings. The number of nitrogens with zero attached hydrogens (tertiary/aromatic N) is 1. The maximum atomic E-state index is 11.9. The molecule has 15 heavy (non-hydrogen) atoms. The fourth-order valence-corrected chi connectivity index (χ4v) is 1.56. The van der Waals surface area contributed by atoms with E-state index in [9.17, 15) is 9.59 Å². The summed E-state index contributed by atoms with van der Waals surface area (Å²) >= 11 is 0. The number of hydrogen-bond acceptors (Lipinski definition) is 3. The van der Waals surface area contributed by atoms with Crippen LogP contribution < -0.4 is 5.32 Å². The van der Waals surface area contributed by atoms with Gasteiger partial charge in [-0.2, -0.15) is 0 Å². The molecule has 1 aliphatic heterocycles. The van der Waals surface area contributed by atoms with Crippen LogP contribution in [0.4, 0.5) is 4.79 Å². The van der Waals surface area contributed by atoms with E-state index in [4.69, 9.17) is 4.74 Å². The summed E-state index contributed by atoms with van der Waals surface area (Å²) in [5.41, 5.74) is -0.924. The zero-order valence-electron chi connectivity index (χ0n) is 9.08. The van der Waals surface area contributed by atoms with Gasteiger partial charge < -0.3 is 10.1 Å². The molecule has 1 atom stereocenters. The van der Waals surface area contributed by atoms with Gasteiger partial charge in [-0.1, -0.05) is 6.08 Å². The zero-order chi connectivity index (χ0) is 11.5. The van der Waals surface area contributed by atoms with Gasteiger partial charge in [-0.3, -0.25) is 9.69 Å². The van der Waals surface area contributed by atoms with Gasteiger partial charge in [-0.25, -0.2) is 4.79 Å². The lowest BCUT2D eigenvalue weighted by molar-refractivity contribution is -0.132. The molecule has 0 bridgehead atoms. The number of rotatable bonds is 5. The van der Waals surface area contributed by atoms with Gasteiger partial charge in [-0.05, 0) is 13.3 Å². The Balaban J connectivity index is 2.73. The van der Waals surface area contributed by atoms with E-state index in [1.54, 1.807) is 13.0 Å². The quantitative estimate of drug-likeness (QED) is 0.534. The highest BCUT2D eigenvalue weighted by Crippen LogP contribution is 2.17. The number of ether oxygens (including phenoxy) is 1. The Morgan fingerprint density at radius 1 is 1.60 bits per heavy atom. The summed E-state index contributed by atoms with van der Waals surface area (Å²) in [5.74, 6) is -0.240. The van der Waals surface area contributed by atoms with Crippen LogP contribution in [0.3, 0.4) is 0 Å². The molecule has 1 N–H and O–H groups in total. The van der Waals surface area contributed by atoms with Crippen molar-refractivity contribution in [1.82, 2.24) is 10.2 Å². The van der Waals surface area contributed by atoms with Crippen LogP contribution in [0.5, 0.6) is 0 Å². The number of methoxy groups -OCH3 is 1. The third-order valence-electron chi connectivity index (χ3n) is 2.33. The predicted octanol–water partition coefficient (Wildman–Crippen LogP) is 0.519. The number of amides is 3. The highest BCUT2D eigenvalue weighted by Gasteiger charge is 2.47. The van der Waals surface area contributed by atoms with Crippen molar-refractivity contribution in [2.24, 2.45) is 0 Å². The largest absolute Gasteiger partial charge is 0.382 e. The molecule has 0 aliphatic carbocycles. The second-order valence-electron chi connectivity index (χ2n) is 3.73. The molecule has 5 nitrogen and oxygen atoms in total. The van der Waals surface area contributed by atoms with Crippen LogP contribution in [0.15, 0.2) is 12.7 Å². The van der Waals surface area contributed by atoms with Gasteiger partial charge >= 0.3 is 6.03 Å². The molecule has 1 rings (SSSR count). The normalized spacial score (nSPS) is 25.6. The fraction of sp³-hybridized carbons (Fsp3) is 0.600. The SMILES string of the molecule is C=CCCN1C(=O)N[C@](C)(COC)C1=O. The standard InChI is InChI=1S/C10H16N2O3/c1-4-5-6-12-8(13)10(2,7-15-3)11-9(12)14/h4H,1,5-7H2,2-3H3,(H,11,14)/t10-/m1/s1. The van der Waals surface area contributed by atoms with Crippen molar-refractivity contribution >= 4 is 11.9 Å². The van der Waals surface area contributed by atoms with E-state index in [-0.39, 0.29) is 18.5 Å². The Bertz CT molecular complexity index is 290. The maximum absolute atomic E-state index is 11.9. The lowest BCUT2D eigenvalue weighted by Crippen LogP contribution is -2.47. The van der Waals surface area contributed by atoms with Gasteiger partial charge in [-0.15, -0.1) is 6.58 Å². The smallest absolute Gasteiger partial charge is 0.325 e. The minimum absolute atomic E-state index is 0.183. The molecule has 1 fully saturated rings. The highest BCUT2D eigenvalue weighted by atomic mass is 16.5. The molecule has 0 aromatic heterocycles. The Labute approximate surface area is 89.1 Å². The van der Waals surface area contributed by atoms with Gasteiger partial charge in [0, 0.05) is 13.7 Å². The topological polar surface area (TPSA) is 58.6 Å². The lowest BCUT2D eigenvalue weighted by Gasteiger charge is -2.20. The summed E-state index contributed by atoms with van der Waals surface area (Å²) in [6.07, 6.45) is 2.27. The Kier molecular flexibility index (Phi) is 3.47. The van der Waals surface area contributed by atoms with Crippen molar-refractivity contribution in [1.29, 1.82) is 0 Å². The summed E-state index contributed by atoms with van der Waals surface area (Å²) in [6.45, 7) is 5.76. The molecule has 0 radical (unpaired) electrons. The first kappa shape index (κ1) is 11.7. The highest BCUT2D eigenvalue weighted by molar-refractivity contribution is 6.06. The van der Waals surface area contributed by atoms with Crippen LogP contribution in [0, 0.1) is 0 Å². The monoisotopic (exact) mass is 212 g/mol. The minimum atomic E-state index is -0.924. The maximum Gasteiger partial charge on any atom is 0.325 e. The molecule has 5 heteroatoms. The van der Waals surface area contributed by atoms with Gasteiger partial charge in [0.2, 0.25) is 0 Å². The molecule has 0 spiro atoms. The number of carbonyl (C=O) groups excluding carboxylic acids is 2. The van der Waals surface area contributed by atoms with E-state index in [2.05, 4.69) is 11.9 Å². The summed E-state index contributed by atoms with van der Waals surface area (Å²) in [6, 6.07) is -0.360. The number of carbonyl (C=O) groups is 2. The molecule has 84 valence electrons. The van der Waals surface area contributed by atoms with Crippen LogP contribution in [-0.4, -0.2) is 42.6 Å². The van der Waals surface area contributed by atoms with Crippen molar-refractivity contribution in [3.05, 3.63) is 12.7 Å². The van der Waals surface area contributed by atoms with Crippen molar-refractivity contribution in [3.63, 3.8) is 0 Å². The van der Waals surface area contributed by atoms with Gasteiger partial charge in [0.15, 0.2) is 0 Å². The average Bonchev–Trinajstić information content (AvgIpc) is 2.37. The number of nitrogens with one attached hydrogen (secondary N) is 1. The van der Waals surface area contributed by atoms with Crippen LogP contribution in [-0.2, 0) is 9.53 Å². The zero-order valence-corrected chi connectivity index (χ0v) is 9.08. The van der Waals surface area contributed by atoms with Crippen LogP contribution in [0.1, 0.15) is 13.3 Å². The Morgan fingerprint density at radius 2 is 2.27 bits per heavy atom. The summed E-state index contributed by atoms with van der Waals surface area (Å²) in [5, 5.41) is 2.62. The van der Waals surface area contributed by atoms with Crippen LogP contribution in [0.25, 0.3) is 0 Å². The molecule has 0 aromatic rings. The number of urea groups is 1. The predicted molar refractivity (Wildman–Crippen MR) is 55.3 cm³/mol. The lowest BCUT2D eigenvalue weighted by atomic mass is 10.0. The molecule has 1 saturated heterocycles. The molecular weight excluding hydrogens is 196 g/mol. The molecule has 1 heterocycles. The molecular formula is C10H16N2O3. The van der Waals surface area contributed by atoms with E-state index in [1.165, 1.54) is 12.0 Å². The van der Waals surface area contributed by atoms with E-state index < -0.39 is 5.54 Å². The van der Waals surface area contributed by atoms with Gasteiger partial charge in [0.05, 0.1) is 6.61 Å². The Morgan fingerprint density at radius 3 is 2.80 bits per heavy atom. The van der Waals surface area contributed by atoms with E-state index in [0.717, 1.165) is 0 Å². The number of imide groups is 1. The summed E-state index contributed by atoms with van der Waals surface area (Å²) in [4.78, 5) is 24.5. The summed E-state index contributed by atoms with van der Waals surface area (Å²) in [7, 11) is 1.50. The Hall–Kier alpha value is -1.36. The third-order valence-corrected chi connectivity index (χ3v) is 2.33. The molecule has 0 aromatic carbocycles. The van der Waals surface area contributed by atoms with Crippen molar-refractivity contribution in [3.8, 4) is 0 Å². The molecule has 3 amide bonds. The van der Waals surface area contributed by atoms with E-state index in [0.29, 0.717) is 13.0 Å². The van der Waals surface area contributed by atoms with E-state index in [1.807, 2.05) is 0 Å². The second-order valence-corrected chi connectivity index (χ2v) is 3.73. The van der Waals surface area contributed by atoms with Crippen LogP contribution in [0.2, 0.25) is 0 Å². The van der Waals surface area contributed by atoms with Gasteiger partial charge in [0.1, 0.15) is 5.54 Å². The van der Waals surface area contributed by atoms with Crippen LogP contribution >= 0.6 is 0 Å². The second kappa shape index (κ2) is 4.44. The molecule has 0 unspecified atom stereocenters. The first-order valence-corrected chi connectivity index (χ1v) is 4.79. The first-order valence-electron chi connectivity index (χ1n) is 4.79. The average molecular weight is 212 g/mol. The number of hydrogen-bond donors (Lipinski definition) is 1. The third kappa shape index (κ3) is 2.18. The minimum Gasteiger partial charge on any atom is -0.382 e. The van der Waals surface area contributed by atoms with Crippen molar-refractivity contribution in [2.75, 3.05) is 20.3 Å². The van der Waals surface area contributed by atoms with Crippen molar-refractivity contribution < 1.29 is 14.3 Å². The first-order chi connectivity index (χ1) is 7.05. The van der Waals surface area contributed by atoms with E-state index >= 15 is 0 Å².